The van der Waals surface area contributed by atoms with E-state index in [0.717, 1.165) is 24.2 Å². The fourth-order valence-electron chi connectivity index (χ4n) is 4.65. The molecule has 2 unspecified atom stereocenters. The van der Waals surface area contributed by atoms with Crippen molar-refractivity contribution in [3.05, 3.63) is 58.9 Å². The predicted octanol–water partition coefficient (Wildman–Crippen LogP) is 0.171. The SMILES string of the molecule is Cc1c(C2CN3CCN(C(=O)Cc4cnc(-n5cnnn5)nc4)CC3CN2)ccc(F)c1C#N. The summed E-state index contributed by atoms with van der Waals surface area (Å²) in [5.74, 6) is -0.107. The molecule has 0 spiro atoms. The Balaban J connectivity index is 1.19. The highest BCUT2D eigenvalue weighted by Crippen LogP contribution is 2.27. The number of amides is 1. The standard InChI is InChI=1S/C22H23FN10O/c1-14-17(2-3-19(23)18(14)7-24)20-12-31-4-5-32(11-16(31)10-25-20)21(34)6-15-8-26-22(27-9-15)33-13-28-29-30-33/h2-3,8-9,13,16,20,25H,4-6,10-12H2,1H3. The van der Waals surface area contributed by atoms with Crippen LogP contribution in [0, 0.1) is 24.1 Å². The number of carbonyl (C=O) groups excluding carboxylic acids is 1. The number of nitrogens with one attached hydrogen (secondary N) is 1. The van der Waals surface area contributed by atoms with Crippen molar-refractivity contribution in [3.63, 3.8) is 0 Å². The quantitative estimate of drug-likeness (QED) is 0.577. The minimum atomic E-state index is -0.486. The molecule has 0 saturated carbocycles. The first-order chi connectivity index (χ1) is 16.5. The lowest BCUT2D eigenvalue weighted by Crippen LogP contribution is -2.62. The molecule has 11 nitrogen and oxygen atoms in total. The summed E-state index contributed by atoms with van der Waals surface area (Å²) in [4.78, 5) is 25.6. The number of hydrogen-bond donors (Lipinski definition) is 1. The number of nitrogens with zero attached hydrogens (tertiary/aromatic N) is 9. The van der Waals surface area contributed by atoms with Crippen molar-refractivity contribution in [1.29, 1.82) is 5.26 Å². The zero-order chi connectivity index (χ0) is 23.7. The molecule has 2 aliphatic rings. The van der Waals surface area contributed by atoms with Crippen LogP contribution in [0.3, 0.4) is 0 Å². The van der Waals surface area contributed by atoms with Gasteiger partial charge in [0, 0.05) is 57.2 Å². The third-order valence-corrected chi connectivity index (χ3v) is 6.52. The Hall–Kier alpha value is -3.82. The van der Waals surface area contributed by atoms with Gasteiger partial charge in [-0.2, -0.15) is 9.94 Å². The first-order valence-electron chi connectivity index (χ1n) is 11.0. The van der Waals surface area contributed by atoms with E-state index in [2.05, 4.69) is 35.7 Å². The van der Waals surface area contributed by atoms with Crippen molar-refractivity contribution in [2.45, 2.75) is 25.4 Å². The highest BCUT2D eigenvalue weighted by Gasteiger charge is 2.35. The van der Waals surface area contributed by atoms with Crippen molar-refractivity contribution in [2.24, 2.45) is 0 Å². The molecule has 0 aliphatic carbocycles. The molecule has 12 heteroatoms. The van der Waals surface area contributed by atoms with Gasteiger partial charge in [-0.3, -0.25) is 9.69 Å². The summed E-state index contributed by atoms with van der Waals surface area (Å²) in [6.45, 7) is 5.27. The molecule has 5 rings (SSSR count). The Morgan fingerprint density at radius 3 is 2.82 bits per heavy atom. The molecule has 34 heavy (non-hydrogen) atoms. The van der Waals surface area contributed by atoms with E-state index in [1.165, 1.54) is 17.1 Å². The Labute approximate surface area is 195 Å². The van der Waals surface area contributed by atoms with E-state index in [-0.39, 0.29) is 30.0 Å². The van der Waals surface area contributed by atoms with Crippen LogP contribution >= 0.6 is 0 Å². The second-order valence-corrected chi connectivity index (χ2v) is 8.52. The zero-order valence-electron chi connectivity index (χ0n) is 18.6. The van der Waals surface area contributed by atoms with E-state index in [1.54, 1.807) is 25.4 Å². The van der Waals surface area contributed by atoms with Crippen LogP contribution in [0.5, 0.6) is 0 Å². The predicted molar refractivity (Wildman–Crippen MR) is 117 cm³/mol. The lowest BCUT2D eigenvalue weighted by Gasteiger charge is -2.47. The van der Waals surface area contributed by atoms with Gasteiger partial charge in [-0.15, -0.1) is 5.10 Å². The van der Waals surface area contributed by atoms with Gasteiger partial charge in [0.05, 0.1) is 12.0 Å². The third kappa shape index (κ3) is 4.23. The molecule has 3 aromatic rings. The van der Waals surface area contributed by atoms with Crippen LogP contribution in [-0.4, -0.2) is 84.6 Å². The van der Waals surface area contributed by atoms with Gasteiger partial charge in [-0.1, -0.05) is 6.07 Å². The number of fused-ring (bicyclic) bond motifs is 1. The summed E-state index contributed by atoms with van der Waals surface area (Å²) in [5, 5.41) is 23.7. The van der Waals surface area contributed by atoms with E-state index in [0.29, 0.717) is 31.1 Å². The first-order valence-corrected chi connectivity index (χ1v) is 11.0. The number of tetrazole rings is 1. The maximum absolute atomic E-state index is 13.9. The summed E-state index contributed by atoms with van der Waals surface area (Å²) in [6, 6.07) is 5.31. The maximum Gasteiger partial charge on any atom is 0.253 e. The average Bonchev–Trinajstić information content (AvgIpc) is 3.39. The van der Waals surface area contributed by atoms with E-state index >= 15 is 0 Å². The fourth-order valence-corrected chi connectivity index (χ4v) is 4.65. The van der Waals surface area contributed by atoms with Gasteiger partial charge < -0.3 is 10.2 Å². The minimum Gasteiger partial charge on any atom is -0.340 e. The van der Waals surface area contributed by atoms with Crippen molar-refractivity contribution in [3.8, 4) is 12.0 Å². The zero-order valence-corrected chi connectivity index (χ0v) is 18.6. The lowest BCUT2D eigenvalue weighted by molar-refractivity contribution is -0.134. The van der Waals surface area contributed by atoms with Gasteiger partial charge >= 0.3 is 0 Å². The third-order valence-electron chi connectivity index (χ3n) is 6.52. The number of hydrogen-bond acceptors (Lipinski definition) is 9. The maximum atomic E-state index is 13.9. The van der Waals surface area contributed by atoms with E-state index in [1.807, 2.05) is 11.0 Å². The van der Waals surface area contributed by atoms with Crippen molar-refractivity contribution in [2.75, 3.05) is 32.7 Å². The summed E-state index contributed by atoms with van der Waals surface area (Å²) in [7, 11) is 0. The smallest absolute Gasteiger partial charge is 0.253 e. The molecule has 2 atom stereocenters. The van der Waals surface area contributed by atoms with Crippen molar-refractivity contribution < 1.29 is 9.18 Å². The number of rotatable bonds is 4. The van der Waals surface area contributed by atoms with Gasteiger partial charge in [-0.05, 0) is 40.1 Å². The van der Waals surface area contributed by atoms with Gasteiger partial charge in [0.1, 0.15) is 18.2 Å². The first kappa shape index (κ1) is 22.0. The number of carbonyl (C=O) groups is 1. The molecule has 0 radical (unpaired) electrons. The molecule has 2 aromatic heterocycles. The number of nitriles is 1. The second-order valence-electron chi connectivity index (χ2n) is 8.52. The van der Waals surface area contributed by atoms with Gasteiger partial charge in [0.25, 0.3) is 5.95 Å². The highest BCUT2D eigenvalue weighted by atomic mass is 19.1. The average molecular weight is 462 g/mol. The molecule has 0 bridgehead atoms. The van der Waals surface area contributed by atoms with E-state index in [4.69, 9.17) is 0 Å². The van der Waals surface area contributed by atoms with Gasteiger partial charge in [0.2, 0.25) is 5.91 Å². The summed E-state index contributed by atoms with van der Waals surface area (Å²) < 4.78 is 15.3. The topological polar surface area (TPSA) is 129 Å². The summed E-state index contributed by atoms with van der Waals surface area (Å²) in [6.07, 6.45) is 4.86. The van der Waals surface area contributed by atoms with Crippen molar-refractivity contribution in [1.82, 2.24) is 45.3 Å². The van der Waals surface area contributed by atoms with Crippen LogP contribution in [0.1, 0.15) is 28.3 Å². The Kier molecular flexibility index (Phi) is 5.95. The number of aromatic nitrogens is 6. The van der Waals surface area contributed by atoms with E-state index < -0.39 is 5.82 Å². The molecular formula is C22H23FN10O. The summed E-state index contributed by atoms with van der Waals surface area (Å²) >= 11 is 0. The second kappa shape index (κ2) is 9.20. The molecule has 2 saturated heterocycles. The molecule has 1 aromatic carbocycles. The van der Waals surface area contributed by atoms with Crippen LogP contribution < -0.4 is 5.32 Å². The van der Waals surface area contributed by atoms with Gasteiger partial charge in [0.15, 0.2) is 0 Å². The van der Waals surface area contributed by atoms with Crippen LogP contribution in [0.2, 0.25) is 0 Å². The van der Waals surface area contributed by atoms with Crippen LogP contribution in [0.25, 0.3) is 5.95 Å². The molecule has 1 N–H and O–H groups in total. The number of benzene rings is 1. The van der Waals surface area contributed by atoms with Crippen LogP contribution in [0.4, 0.5) is 4.39 Å². The van der Waals surface area contributed by atoms with Crippen LogP contribution in [0.15, 0.2) is 30.9 Å². The molecular weight excluding hydrogens is 439 g/mol. The lowest BCUT2D eigenvalue weighted by atomic mass is 9.93. The number of halogens is 1. The molecule has 2 aliphatic heterocycles. The summed E-state index contributed by atoms with van der Waals surface area (Å²) in [5.41, 5.74) is 2.46. The molecule has 2 fully saturated rings. The van der Waals surface area contributed by atoms with Crippen molar-refractivity contribution >= 4 is 5.91 Å². The number of piperazine rings is 2. The van der Waals surface area contributed by atoms with E-state index in [9.17, 15) is 14.4 Å². The highest BCUT2D eigenvalue weighted by molar-refractivity contribution is 5.78. The van der Waals surface area contributed by atoms with Crippen LogP contribution in [-0.2, 0) is 11.2 Å². The Bertz CT molecular complexity index is 1220. The molecule has 4 heterocycles. The Morgan fingerprint density at radius 2 is 2.09 bits per heavy atom. The molecule has 174 valence electrons. The largest absolute Gasteiger partial charge is 0.340 e. The monoisotopic (exact) mass is 462 g/mol. The molecule has 1 amide bonds. The van der Waals surface area contributed by atoms with Gasteiger partial charge in [-0.25, -0.2) is 14.4 Å². The normalized spacial score (nSPS) is 20.6. The minimum absolute atomic E-state index is 0.0158. The Morgan fingerprint density at radius 1 is 1.26 bits per heavy atom. The fraction of sp³-hybridized carbons (Fsp3) is 0.409.